The zero-order chi connectivity index (χ0) is 36.6. The first-order valence-corrected chi connectivity index (χ1v) is 16.7. The van der Waals surface area contributed by atoms with E-state index in [-0.39, 0.29) is 45.7 Å². The van der Waals surface area contributed by atoms with E-state index in [1.54, 1.807) is 19.1 Å². The number of hydrogen-bond acceptors (Lipinski definition) is 9. The van der Waals surface area contributed by atoms with Crippen LogP contribution in [0.5, 0.6) is 0 Å². The van der Waals surface area contributed by atoms with E-state index < -0.39 is 54.0 Å². The zero-order valence-corrected chi connectivity index (χ0v) is 28.6. The van der Waals surface area contributed by atoms with Gasteiger partial charge in [-0.1, -0.05) is 72.8 Å². The summed E-state index contributed by atoms with van der Waals surface area (Å²) in [5.74, 6) is -2.35. The molecule has 13 nitrogen and oxygen atoms in total. The van der Waals surface area contributed by atoms with Crippen LogP contribution in [0.15, 0.2) is 86.0 Å². The molecule has 0 aromatic heterocycles. The van der Waals surface area contributed by atoms with Crippen molar-refractivity contribution in [3.63, 3.8) is 0 Å². The summed E-state index contributed by atoms with van der Waals surface area (Å²) >= 11 is 0. The maximum absolute atomic E-state index is 13.3. The third-order valence-electron chi connectivity index (χ3n) is 7.36. The number of allylic oxidation sites excluding steroid dienone is 1. The van der Waals surface area contributed by atoms with Gasteiger partial charge in [0.1, 0.15) is 25.9 Å². The van der Waals surface area contributed by atoms with E-state index in [4.69, 9.17) is 14.2 Å². The van der Waals surface area contributed by atoms with Gasteiger partial charge < -0.3 is 40.6 Å². The van der Waals surface area contributed by atoms with E-state index in [1.165, 1.54) is 12.2 Å². The fraction of sp³-hybridized carbons (Fsp3) is 0.432. The number of alkyl carbamates (subject to hydrolysis) is 2. The number of amides is 4. The smallest absolute Gasteiger partial charge is 0.408 e. The molecule has 0 fully saturated rings. The van der Waals surface area contributed by atoms with Crippen LogP contribution in [0.3, 0.4) is 0 Å². The van der Waals surface area contributed by atoms with Crippen LogP contribution >= 0.6 is 0 Å². The number of ether oxygens (including phenoxy) is 3. The summed E-state index contributed by atoms with van der Waals surface area (Å²) in [6, 6.07) is 16.1. The highest BCUT2D eigenvalue weighted by molar-refractivity contribution is 5.86. The molecule has 13 heteroatoms. The number of hydrogen-bond donors (Lipinski definition) is 5. The number of carbonyl (C=O) groups excluding carboxylic acids is 5. The number of unbranched alkanes of at least 4 members (excludes halogenated alkanes) is 1. The molecule has 4 atom stereocenters. The number of aliphatic hydroxyl groups excluding tert-OH is 1. The summed E-state index contributed by atoms with van der Waals surface area (Å²) in [6.45, 7) is 8.98. The lowest BCUT2D eigenvalue weighted by Gasteiger charge is -2.24. The first-order valence-electron chi connectivity index (χ1n) is 16.7. The van der Waals surface area contributed by atoms with E-state index >= 15 is 0 Å². The highest BCUT2D eigenvalue weighted by atomic mass is 16.6. The van der Waals surface area contributed by atoms with Crippen molar-refractivity contribution in [1.82, 2.24) is 21.3 Å². The minimum absolute atomic E-state index is 0.0129. The number of rotatable bonds is 23. The fourth-order valence-electron chi connectivity index (χ4n) is 4.66. The molecule has 0 aliphatic carbocycles. The molecule has 0 saturated heterocycles. The predicted octanol–water partition coefficient (Wildman–Crippen LogP) is 4.06. The van der Waals surface area contributed by atoms with Gasteiger partial charge in [-0.05, 0) is 50.2 Å². The van der Waals surface area contributed by atoms with Crippen LogP contribution in [-0.4, -0.2) is 73.0 Å². The van der Waals surface area contributed by atoms with Crippen LogP contribution in [0.1, 0.15) is 56.6 Å². The first kappa shape index (κ1) is 41.0. The van der Waals surface area contributed by atoms with Gasteiger partial charge in [0.25, 0.3) is 0 Å². The lowest BCUT2D eigenvalue weighted by molar-refractivity contribution is -0.147. The van der Waals surface area contributed by atoms with Gasteiger partial charge in [-0.15, -0.1) is 13.2 Å². The Morgan fingerprint density at radius 3 is 1.96 bits per heavy atom. The molecule has 50 heavy (non-hydrogen) atoms. The molecule has 0 heterocycles. The average molecular weight is 695 g/mol. The molecule has 0 bridgehead atoms. The molecule has 5 N–H and O–H groups in total. The summed E-state index contributed by atoms with van der Waals surface area (Å²) in [5.41, 5.74) is 1.64. The predicted molar refractivity (Wildman–Crippen MR) is 187 cm³/mol. The molecule has 2 aromatic carbocycles. The van der Waals surface area contributed by atoms with E-state index in [1.807, 2.05) is 48.5 Å². The quantitative estimate of drug-likeness (QED) is 0.0496. The van der Waals surface area contributed by atoms with Crippen molar-refractivity contribution < 1.29 is 43.3 Å². The van der Waals surface area contributed by atoms with Crippen LogP contribution in [0.2, 0.25) is 0 Å². The SMILES string of the molecule is C=CC[C@@H](CC(=O)N[C@H](C)CO)C(=O)N[C@@H](CCCCNC(=O)OCc1ccccc1)COC(=O)[C@@H](CC=C)NC(=O)OCc1ccccc1. The van der Waals surface area contributed by atoms with E-state index in [0.717, 1.165) is 11.1 Å². The van der Waals surface area contributed by atoms with E-state index in [0.29, 0.717) is 25.8 Å². The second-order valence-electron chi connectivity index (χ2n) is 11.7. The molecular formula is C37H50N4O9. The summed E-state index contributed by atoms with van der Waals surface area (Å²) in [6.07, 6.45) is 3.21. The maximum Gasteiger partial charge on any atom is 0.408 e. The van der Waals surface area contributed by atoms with Crippen molar-refractivity contribution in [2.24, 2.45) is 5.92 Å². The largest absolute Gasteiger partial charge is 0.462 e. The second-order valence-corrected chi connectivity index (χ2v) is 11.7. The number of carbonyl (C=O) groups is 5. The highest BCUT2D eigenvalue weighted by Crippen LogP contribution is 2.13. The standard InChI is InChI=1S/C37H50N4O9/c1-4-14-30(22-33(43)39-27(3)23-42)34(44)40-31(20-12-13-21-38-36(46)49-24-28-16-8-6-9-17-28)26-48-35(45)32(15-5-2)41-37(47)50-25-29-18-10-7-11-19-29/h4-11,16-19,27,30-32,42H,1-2,12-15,20-26H2,3H3,(H,38,46)(H,39,43)(H,40,44)(H,41,47)/t27-,30+,31+,32-/m1/s1. The molecule has 0 saturated carbocycles. The number of aliphatic hydroxyl groups is 1. The Hall–Kier alpha value is -5.17. The molecule has 2 rings (SSSR count). The molecular weight excluding hydrogens is 644 g/mol. The van der Waals surface area contributed by atoms with Crippen LogP contribution in [0.25, 0.3) is 0 Å². The molecule has 0 spiro atoms. The van der Waals surface area contributed by atoms with Gasteiger partial charge in [0, 0.05) is 19.0 Å². The van der Waals surface area contributed by atoms with Crippen molar-refractivity contribution in [2.75, 3.05) is 19.8 Å². The molecule has 2 aromatic rings. The molecule has 0 aliphatic heterocycles. The average Bonchev–Trinajstić information content (AvgIpc) is 3.12. The van der Waals surface area contributed by atoms with Gasteiger partial charge in [-0.3, -0.25) is 9.59 Å². The van der Waals surface area contributed by atoms with Crippen LogP contribution in [0, 0.1) is 5.92 Å². The zero-order valence-electron chi connectivity index (χ0n) is 28.6. The molecule has 272 valence electrons. The monoisotopic (exact) mass is 694 g/mol. The van der Waals surface area contributed by atoms with Crippen LogP contribution < -0.4 is 21.3 Å². The Bertz CT molecular complexity index is 1360. The molecule has 4 amide bonds. The van der Waals surface area contributed by atoms with Gasteiger partial charge in [-0.2, -0.15) is 0 Å². The Balaban J connectivity index is 1.98. The summed E-state index contributed by atoms with van der Waals surface area (Å²) in [7, 11) is 0. The van der Waals surface area contributed by atoms with E-state index in [9.17, 15) is 29.1 Å². The summed E-state index contributed by atoms with van der Waals surface area (Å²) in [5, 5.41) is 20.0. The Morgan fingerprint density at radius 2 is 1.38 bits per heavy atom. The minimum Gasteiger partial charge on any atom is -0.462 e. The second kappa shape index (κ2) is 24.0. The van der Waals surface area contributed by atoms with Gasteiger partial charge in [0.15, 0.2) is 0 Å². The van der Waals surface area contributed by atoms with Crippen molar-refractivity contribution in [1.29, 1.82) is 0 Å². The Labute approximate surface area is 293 Å². The van der Waals surface area contributed by atoms with E-state index in [2.05, 4.69) is 34.4 Å². The van der Waals surface area contributed by atoms with Gasteiger partial charge in [0.05, 0.1) is 18.6 Å². The number of esters is 1. The normalized spacial score (nSPS) is 12.9. The fourth-order valence-corrected chi connectivity index (χ4v) is 4.66. The number of benzene rings is 2. The van der Waals surface area contributed by atoms with Gasteiger partial charge in [0.2, 0.25) is 11.8 Å². The Morgan fingerprint density at radius 1 is 0.780 bits per heavy atom. The third-order valence-corrected chi connectivity index (χ3v) is 7.36. The topological polar surface area (TPSA) is 181 Å². The lowest BCUT2D eigenvalue weighted by atomic mass is 9.98. The summed E-state index contributed by atoms with van der Waals surface area (Å²) in [4.78, 5) is 63.4. The van der Waals surface area contributed by atoms with Crippen molar-refractivity contribution >= 4 is 30.0 Å². The highest BCUT2D eigenvalue weighted by Gasteiger charge is 2.26. The van der Waals surface area contributed by atoms with Crippen molar-refractivity contribution in [3.05, 3.63) is 97.1 Å². The summed E-state index contributed by atoms with van der Waals surface area (Å²) < 4.78 is 16.0. The van der Waals surface area contributed by atoms with Gasteiger partial charge >= 0.3 is 18.2 Å². The van der Waals surface area contributed by atoms with Crippen molar-refractivity contribution in [2.45, 2.75) is 76.8 Å². The number of nitrogens with one attached hydrogen (secondary N) is 4. The maximum atomic E-state index is 13.3. The molecule has 0 radical (unpaired) electrons. The van der Waals surface area contributed by atoms with Crippen LogP contribution in [0.4, 0.5) is 9.59 Å². The minimum atomic E-state index is -1.08. The van der Waals surface area contributed by atoms with Crippen molar-refractivity contribution in [3.8, 4) is 0 Å². The Kier molecular flexibility index (Phi) is 19.7. The van der Waals surface area contributed by atoms with Crippen LogP contribution in [-0.2, 0) is 41.8 Å². The third kappa shape index (κ3) is 17.3. The lowest BCUT2D eigenvalue weighted by Crippen LogP contribution is -2.46. The molecule has 0 unspecified atom stereocenters. The van der Waals surface area contributed by atoms with Gasteiger partial charge in [-0.25, -0.2) is 14.4 Å². The molecule has 0 aliphatic rings. The first-order chi connectivity index (χ1) is 24.1.